The summed E-state index contributed by atoms with van der Waals surface area (Å²) in [4.78, 5) is 44.2. The molecule has 0 N–H and O–H groups in total. The molecule has 1 aliphatic rings. The van der Waals surface area contributed by atoms with E-state index in [9.17, 15) is 14.4 Å². The van der Waals surface area contributed by atoms with Gasteiger partial charge < -0.3 is 23.4 Å². The van der Waals surface area contributed by atoms with Gasteiger partial charge in [0, 0.05) is 0 Å². The van der Waals surface area contributed by atoms with Crippen molar-refractivity contribution in [3.05, 3.63) is 109 Å². The van der Waals surface area contributed by atoms with Crippen LogP contribution < -0.4 is 29.1 Å². The summed E-state index contributed by atoms with van der Waals surface area (Å²) >= 11 is 1.20. The summed E-state index contributed by atoms with van der Waals surface area (Å²) in [6.07, 6.45) is 3.07. The lowest BCUT2D eigenvalue weighted by Crippen LogP contribution is -2.39. The van der Waals surface area contributed by atoms with E-state index < -0.39 is 18.0 Å². The largest absolute Gasteiger partial charge is 0.497 e. The second kappa shape index (κ2) is 11.7. The van der Waals surface area contributed by atoms with Gasteiger partial charge in [-0.05, 0) is 67.4 Å². The number of esters is 2. The molecule has 0 radical (unpaired) electrons. The molecule has 0 saturated heterocycles. The SMILES string of the molecule is CCOC(=O)C1=C(C)N=c2s/c(=C/c3ccc(OC(=O)c4ccco4)c(OC)c3)c(=O)n2C1c1ccc(OC)cc1. The van der Waals surface area contributed by atoms with E-state index in [0.29, 0.717) is 43.2 Å². The molecule has 2 aromatic carbocycles. The second-order valence-electron chi connectivity index (χ2n) is 8.85. The number of aromatic nitrogens is 1. The van der Waals surface area contributed by atoms with Crippen LogP contribution >= 0.6 is 11.3 Å². The minimum Gasteiger partial charge on any atom is -0.497 e. The number of hydrogen-bond donors (Lipinski definition) is 0. The molecule has 4 aromatic rings. The molecule has 0 fully saturated rings. The Morgan fingerprint density at radius 1 is 1.05 bits per heavy atom. The first-order valence-electron chi connectivity index (χ1n) is 12.6. The number of carbonyl (C=O) groups excluding carboxylic acids is 2. The van der Waals surface area contributed by atoms with E-state index in [2.05, 4.69) is 4.99 Å². The van der Waals surface area contributed by atoms with Crippen molar-refractivity contribution in [1.29, 1.82) is 0 Å². The summed E-state index contributed by atoms with van der Waals surface area (Å²) in [6, 6.07) is 14.4. The Morgan fingerprint density at radius 2 is 1.83 bits per heavy atom. The lowest BCUT2D eigenvalue weighted by atomic mass is 9.96. The Balaban J connectivity index is 1.58. The normalized spacial score (nSPS) is 14.7. The highest BCUT2D eigenvalue weighted by Crippen LogP contribution is 2.32. The lowest BCUT2D eigenvalue weighted by Gasteiger charge is -2.24. The van der Waals surface area contributed by atoms with Crippen LogP contribution in [-0.2, 0) is 9.53 Å². The van der Waals surface area contributed by atoms with E-state index in [4.69, 9.17) is 23.4 Å². The minimum absolute atomic E-state index is 0.0566. The third-order valence-corrected chi connectivity index (χ3v) is 7.34. The second-order valence-corrected chi connectivity index (χ2v) is 9.86. The van der Waals surface area contributed by atoms with Crippen molar-refractivity contribution in [1.82, 2.24) is 4.57 Å². The van der Waals surface area contributed by atoms with Crippen LogP contribution in [0.1, 0.15) is 41.6 Å². The molecule has 10 nitrogen and oxygen atoms in total. The van der Waals surface area contributed by atoms with Gasteiger partial charge in [0.25, 0.3) is 5.56 Å². The van der Waals surface area contributed by atoms with Crippen molar-refractivity contribution >= 4 is 29.4 Å². The Bertz CT molecular complexity index is 1820. The fourth-order valence-electron chi connectivity index (χ4n) is 4.45. The first-order chi connectivity index (χ1) is 19.8. The number of nitrogens with zero attached hydrogens (tertiary/aromatic N) is 2. The summed E-state index contributed by atoms with van der Waals surface area (Å²) in [5.41, 5.74) is 1.78. The zero-order valence-corrected chi connectivity index (χ0v) is 23.5. The maximum Gasteiger partial charge on any atom is 0.379 e. The van der Waals surface area contributed by atoms with Crippen LogP contribution in [0.4, 0.5) is 0 Å². The first-order valence-corrected chi connectivity index (χ1v) is 13.4. The number of carbonyl (C=O) groups is 2. The molecule has 1 atom stereocenters. The van der Waals surface area contributed by atoms with E-state index >= 15 is 0 Å². The standard InChI is InChI=1S/C30H26N2O8S/c1-5-38-29(35)25-17(2)31-30-32(26(25)19-9-11-20(36-3)12-10-19)27(33)24(41-30)16-18-8-13-21(23(15-18)37-4)40-28(34)22-7-6-14-39-22/h6-16,26H,5H2,1-4H3/b24-16+. The number of furan rings is 1. The third kappa shape index (κ3) is 5.44. The molecule has 3 heterocycles. The maximum atomic E-state index is 13.8. The topological polar surface area (TPSA) is 119 Å². The van der Waals surface area contributed by atoms with Gasteiger partial charge in [-0.3, -0.25) is 9.36 Å². The number of allylic oxidation sites excluding steroid dienone is 1. The third-order valence-electron chi connectivity index (χ3n) is 6.36. The number of ether oxygens (including phenoxy) is 4. The van der Waals surface area contributed by atoms with Crippen molar-refractivity contribution < 1.29 is 33.0 Å². The van der Waals surface area contributed by atoms with Crippen LogP contribution in [0.15, 0.2) is 86.3 Å². The summed E-state index contributed by atoms with van der Waals surface area (Å²) in [5.74, 6) is -0.00783. The Labute approximate surface area is 238 Å². The molecular weight excluding hydrogens is 548 g/mol. The van der Waals surface area contributed by atoms with E-state index in [1.54, 1.807) is 63.4 Å². The number of methoxy groups -OCH3 is 2. The summed E-state index contributed by atoms with van der Waals surface area (Å²) < 4.78 is 28.5. The zero-order chi connectivity index (χ0) is 29.1. The molecule has 1 aliphatic heterocycles. The molecule has 1 unspecified atom stereocenters. The number of thiazole rings is 1. The number of benzene rings is 2. The molecule has 5 rings (SSSR count). The van der Waals surface area contributed by atoms with Gasteiger partial charge in [0.2, 0.25) is 5.76 Å². The van der Waals surface area contributed by atoms with Crippen molar-refractivity contribution in [2.75, 3.05) is 20.8 Å². The van der Waals surface area contributed by atoms with Gasteiger partial charge in [-0.1, -0.05) is 29.5 Å². The van der Waals surface area contributed by atoms with Crippen LogP contribution in [0.3, 0.4) is 0 Å². The smallest absolute Gasteiger partial charge is 0.379 e. The van der Waals surface area contributed by atoms with Crippen molar-refractivity contribution in [2.45, 2.75) is 19.9 Å². The van der Waals surface area contributed by atoms with Crippen LogP contribution in [0.5, 0.6) is 17.2 Å². The van der Waals surface area contributed by atoms with E-state index in [0.717, 1.165) is 0 Å². The molecule has 0 saturated carbocycles. The number of rotatable bonds is 8. The first kappa shape index (κ1) is 27.7. The highest BCUT2D eigenvalue weighted by atomic mass is 32.1. The predicted octanol–water partition coefficient (Wildman–Crippen LogP) is 3.63. The van der Waals surface area contributed by atoms with E-state index in [1.807, 2.05) is 12.1 Å². The maximum absolute atomic E-state index is 13.8. The van der Waals surface area contributed by atoms with Gasteiger partial charge in [-0.2, -0.15) is 0 Å². The number of hydrogen-bond acceptors (Lipinski definition) is 10. The van der Waals surface area contributed by atoms with E-state index in [-0.39, 0.29) is 23.7 Å². The molecule has 0 spiro atoms. The van der Waals surface area contributed by atoms with Gasteiger partial charge in [0.15, 0.2) is 16.3 Å². The highest BCUT2D eigenvalue weighted by Gasteiger charge is 2.33. The van der Waals surface area contributed by atoms with Crippen LogP contribution in [0.2, 0.25) is 0 Å². The van der Waals surface area contributed by atoms with Crippen molar-refractivity contribution in [2.24, 2.45) is 4.99 Å². The molecule has 0 aliphatic carbocycles. The molecule has 2 aromatic heterocycles. The zero-order valence-electron chi connectivity index (χ0n) is 22.7. The fraction of sp³-hybridized carbons (Fsp3) is 0.200. The molecule has 11 heteroatoms. The Kier molecular flexibility index (Phi) is 7.88. The minimum atomic E-state index is -0.740. The molecular formula is C30H26N2O8S. The summed E-state index contributed by atoms with van der Waals surface area (Å²) in [6.45, 7) is 3.64. The average Bonchev–Trinajstić information content (AvgIpc) is 3.62. The average molecular weight is 575 g/mol. The van der Waals surface area contributed by atoms with Gasteiger partial charge >= 0.3 is 11.9 Å². The summed E-state index contributed by atoms with van der Waals surface area (Å²) in [5, 5.41) is 0. The lowest BCUT2D eigenvalue weighted by molar-refractivity contribution is -0.139. The monoisotopic (exact) mass is 574 g/mol. The van der Waals surface area contributed by atoms with Crippen LogP contribution in [0, 0.1) is 0 Å². The van der Waals surface area contributed by atoms with Crippen LogP contribution in [-0.4, -0.2) is 37.3 Å². The van der Waals surface area contributed by atoms with Gasteiger partial charge in [0.05, 0.1) is 48.9 Å². The van der Waals surface area contributed by atoms with Gasteiger partial charge in [0.1, 0.15) is 5.75 Å². The van der Waals surface area contributed by atoms with Gasteiger partial charge in [-0.25, -0.2) is 14.6 Å². The molecule has 0 amide bonds. The molecule has 210 valence electrons. The Morgan fingerprint density at radius 3 is 2.49 bits per heavy atom. The van der Waals surface area contributed by atoms with Crippen LogP contribution in [0.25, 0.3) is 6.08 Å². The van der Waals surface area contributed by atoms with Crippen molar-refractivity contribution in [3.63, 3.8) is 0 Å². The summed E-state index contributed by atoms with van der Waals surface area (Å²) in [7, 11) is 3.02. The van der Waals surface area contributed by atoms with Crippen molar-refractivity contribution in [3.8, 4) is 17.2 Å². The number of fused-ring (bicyclic) bond motifs is 1. The molecule has 0 bridgehead atoms. The highest BCUT2D eigenvalue weighted by molar-refractivity contribution is 7.07. The fourth-order valence-corrected chi connectivity index (χ4v) is 5.49. The van der Waals surface area contributed by atoms with E-state index in [1.165, 1.54) is 35.3 Å². The predicted molar refractivity (Wildman–Crippen MR) is 150 cm³/mol. The quantitative estimate of drug-likeness (QED) is 0.231. The van der Waals surface area contributed by atoms with Gasteiger partial charge in [-0.15, -0.1) is 0 Å². The molecule has 41 heavy (non-hydrogen) atoms. The Hall–Kier alpha value is -4.90.